The van der Waals surface area contributed by atoms with Crippen LogP contribution in [0.15, 0.2) is 47.6 Å². The van der Waals surface area contributed by atoms with E-state index in [2.05, 4.69) is 10.5 Å². The third-order valence-corrected chi connectivity index (χ3v) is 4.21. The number of carbonyl (C=O) groups is 1. The van der Waals surface area contributed by atoms with Crippen LogP contribution < -0.4 is 10.2 Å². The van der Waals surface area contributed by atoms with E-state index >= 15 is 0 Å². The minimum Gasteiger partial charge on any atom is -0.493 e. The zero-order chi connectivity index (χ0) is 18.9. The molecule has 0 heterocycles. The van der Waals surface area contributed by atoms with E-state index in [0.29, 0.717) is 24.5 Å². The maximum absolute atomic E-state index is 12.0. The molecule has 0 aliphatic carbocycles. The zero-order valence-electron chi connectivity index (χ0n) is 15.5. The van der Waals surface area contributed by atoms with Crippen molar-refractivity contribution in [1.29, 1.82) is 0 Å². The summed E-state index contributed by atoms with van der Waals surface area (Å²) in [5.41, 5.74) is 6.72. The molecule has 2 rings (SSSR count). The molecule has 0 unspecified atom stereocenters. The monoisotopic (exact) mass is 372 g/mol. The Labute approximate surface area is 160 Å². The lowest BCUT2D eigenvalue weighted by molar-refractivity contribution is -0.121. The van der Waals surface area contributed by atoms with E-state index in [1.807, 2.05) is 57.2 Å². The summed E-state index contributed by atoms with van der Waals surface area (Å²) in [6, 6.07) is 13.6. The smallest absolute Gasteiger partial charge is 0.240 e. The van der Waals surface area contributed by atoms with Crippen LogP contribution in [0.5, 0.6) is 5.75 Å². The minimum atomic E-state index is -0.112. The van der Waals surface area contributed by atoms with E-state index in [9.17, 15) is 4.79 Å². The number of aryl methyl sites for hydroxylation is 2. The van der Waals surface area contributed by atoms with Gasteiger partial charge in [0.15, 0.2) is 0 Å². The second-order valence-corrected chi connectivity index (χ2v) is 6.61. The molecule has 0 aliphatic heterocycles. The highest BCUT2D eigenvalue weighted by Crippen LogP contribution is 2.21. The van der Waals surface area contributed by atoms with Crippen molar-refractivity contribution in [3.8, 4) is 5.75 Å². The van der Waals surface area contributed by atoms with Gasteiger partial charge in [0.25, 0.3) is 0 Å². The van der Waals surface area contributed by atoms with E-state index in [-0.39, 0.29) is 5.91 Å². The first kappa shape index (κ1) is 20.0. The molecule has 0 radical (unpaired) electrons. The average Bonchev–Trinajstić information content (AvgIpc) is 2.62. The predicted molar refractivity (Wildman–Crippen MR) is 107 cm³/mol. The van der Waals surface area contributed by atoms with Gasteiger partial charge in [0, 0.05) is 11.4 Å². The molecule has 0 saturated heterocycles. The van der Waals surface area contributed by atoms with Crippen LogP contribution in [-0.2, 0) is 4.79 Å². The SMILES string of the molecule is CC/C(=N\NC(=O)CCCOc1ccc(Cl)cc1C)c1ccc(C)cc1. The molecule has 26 heavy (non-hydrogen) atoms. The fourth-order valence-corrected chi connectivity index (χ4v) is 2.70. The fraction of sp³-hybridized carbons (Fsp3) is 0.333. The van der Waals surface area contributed by atoms with Crippen LogP contribution in [0.4, 0.5) is 0 Å². The van der Waals surface area contributed by atoms with E-state index in [0.717, 1.165) is 29.0 Å². The van der Waals surface area contributed by atoms with Crippen LogP contribution >= 0.6 is 11.6 Å². The Morgan fingerprint density at radius 3 is 2.54 bits per heavy atom. The van der Waals surface area contributed by atoms with Crippen molar-refractivity contribution in [1.82, 2.24) is 5.43 Å². The molecular weight excluding hydrogens is 348 g/mol. The van der Waals surface area contributed by atoms with Crippen LogP contribution in [0.3, 0.4) is 0 Å². The second-order valence-electron chi connectivity index (χ2n) is 6.17. The summed E-state index contributed by atoms with van der Waals surface area (Å²) in [5.74, 6) is 0.681. The van der Waals surface area contributed by atoms with Gasteiger partial charge in [-0.3, -0.25) is 4.79 Å². The first-order valence-corrected chi connectivity index (χ1v) is 9.18. The van der Waals surface area contributed by atoms with Crippen molar-refractivity contribution >= 4 is 23.2 Å². The van der Waals surface area contributed by atoms with Gasteiger partial charge >= 0.3 is 0 Å². The number of halogens is 1. The lowest BCUT2D eigenvalue weighted by atomic mass is 10.1. The van der Waals surface area contributed by atoms with Crippen molar-refractivity contribution in [3.63, 3.8) is 0 Å². The quantitative estimate of drug-likeness (QED) is 0.400. The van der Waals surface area contributed by atoms with Crippen molar-refractivity contribution in [3.05, 3.63) is 64.2 Å². The van der Waals surface area contributed by atoms with Crippen molar-refractivity contribution in [2.45, 2.75) is 40.0 Å². The van der Waals surface area contributed by atoms with Crippen molar-refractivity contribution in [2.24, 2.45) is 5.10 Å². The van der Waals surface area contributed by atoms with E-state index in [1.54, 1.807) is 6.07 Å². The van der Waals surface area contributed by atoms with Crippen LogP contribution in [0, 0.1) is 13.8 Å². The summed E-state index contributed by atoms with van der Waals surface area (Å²) in [6.45, 7) is 6.48. The van der Waals surface area contributed by atoms with Crippen LogP contribution in [-0.4, -0.2) is 18.2 Å². The van der Waals surface area contributed by atoms with Gasteiger partial charge in [0.1, 0.15) is 5.75 Å². The number of benzene rings is 2. The maximum atomic E-state index is 12.0. The van der Waals surface area contributed by atoms with Crippen LogP contribution in [0.2, 0.25) is 5.02 Å². The summed E-state index contributed by atoms with van der Waals surface area (Å²) in [4.78, 5) is 12.0. The molecule has 0 spiro atoms. The lowest BCUT2D eigenvalue weighted by Crippen LogP contribution is -2.20. The standard InChI is InChI=1S/C21H25ClN2O2/c1-4-19(17-9-7-15(2)8-10-17)23-24-21(25)6-5-13-26-20-12-11-18(22)14-16(20)3/h7-12,14H,4-6,13H2,1-3H3,(H,24,25)/b23-19+. The Bertz CT molecular complexity index is 770. The molecule has 0 fully saturated rings. The molecular formula is C21H25ClN2O2. The Kier molecular flexibility index (Phi) is 7.67. The number of hydrogen-bond donors (Lipinski definition) is 1. The predicted octanol–water partition coefficient (Wildman–Crippen LogP) is 5.05. The summed E-state index contributed by atoms with van der Waals surface area (Å²) in [6.07, 6.45) is 1.73. The Morgan fingerprint density at radius 1 is 1.15 bits per heavy atom. The van der Waals surface area contributed by atoms with Gasteiger partial charge in [-0.2, -0.15) is 5.10 Å². The number of rotatable bonds is 8. The van der Waals surface area contributed by atoms with E-state index in [4.69, 9.17) is 16.3 Å². The molecule has 4 nitrogen and oxygen atoms in total. The number of nitrogens with zero attached hydrogens (tertiary/aromatic N) is 1. The number of carbonyl (C=O) groups excluding carboxylic acids is 1. The lowest BCUT2D eigenvalue weighted by Gasteiger charge is -2.09. The summed E-state index contributed by atoms with van der Waals surface area (Å²) in [7, 11) is 0. The number of nitrogens with one attached hydrogen (secondary N) is 1. The third kappa shape index (κ3) is 6.19. The highest BCUT2D eigenvalue weighted by atomic mass is 35.5. The number of amides is 1. The van der Waals surface area contributed by atoms with Gasteiger partial charge in [0.05, 0.1) is 12.3 Å². The molecule has 0 atom stereocenters. The molecule has 138 valence electrons. The third-order valence-electron chi connectivity index (χ3n) is 3.98. The molecule has 5 heteroatoms. The molecule has 0 bridgehead atoms. The Balaban J connectivity index is 1.78. The van der Waals surface area contributed by atoms with Crippen LogP contribution in [0.25, 0.3) is 0 Å². The van der Waals surface area contributed by atoms with Crippen molar-refractivity contribution in [2.75, 3.05) is 6.61 Å². The first-order valence-electron chi connectivity index (χ1n) is 8.81. The average molecular weight is 373 g/mol. The minimum absolute atomic E-state index is 0.112. The summed E-state index contributed by atoms with van der Waals surface area (Å²) >= 11 is 5.92. The van der Waals surface area contributed by atoms with E-state index in [1.165, 1.54) is 5.56 Å². The van der Waals surface area contributed by atoms with Crippen LogP contribution in [0.1, 0.15) is 42.9 Å². The Morgan fingerprint density at radius 2 is 1.88 bits per heavy atom. The second kappa shape index (κ2) is 9.97. The molecule has 0 saturated carbocycles. The summed E-state index contributed by atoms with van der Waals surface area (Å²) < 4.78 is 5.69. The molecule has 0 aliphatic rings. The molecule has 1 N–H and O–H groups in total. The van der Waals surface area contributed by atoms with Gasteiger partial charge in [-0.25, -0.2) is 5.43 Å². The fourth-order valence-electron chi connectivity index (χ4n) is 2.47. The maximum Gasteiger partial charge on any atom is 0.240 e. The van der Waals surface area contributed by atoms with Gasteiger partial charge in [0.2, 0.25) is 5.91 Å². The Hall–Kier alpha value is -2.33. The normalized spacial score (nSPS) is 11.3. The first-order chi connectivity index (χ1) is 12.5. The highest BCUT2D eigenvalue weighted by Gasteiger charge is 2.05. The van der Waals surface area contributed by atoms with Gasteiger partial charge in [-0.1, -0.05) is 48.4 Å². The van der Waals surface area contributed by atoms with E-state index < -0.39 is 0 Å². The molecule has 1 amide bonds. The number of hydrogen-bond acceptors (Lipinski definition) is 3. The summed E-state index contributed by atoms with van der Waals surface area (Å²) in [5, 5.41) is 4.95. The topological polar surface area (TPSA) is 50.7 Å². The van der Waals surface area contributed by atoms with Gasteiger partial charge in [-0.15, -0.1) is 0 Å². The number of hydrazone groups is 1. The molecule has 0 aromatic heterocycles. The largest absolute Gasteiger partial charge is 0.493 e. The van der Waals surface area contributed by atoms with Crippen molar-refractivity contribution < 1.29 is 9.53 Å². The number of ether oxygens (including phenoxy) is 1. The van der Waals surface area contributed by atoms with Gasteiger partial charge < -0.3 is 4.74 Å². The highest BCUT2D eigenvalue weighted by molar-refractivity contribution is 6.30. The molecule has 2 aromatic carbocycles. The van der Waals surface area contributed by atoms with Gasteiger partial charge in [-0.05, 0) is 56.0 Å². The zero-order valence-corrected chi connectivity index (χ0v) is 16.3. The molecule has 2 aromatic rings.